The van der Waals surface area contributed by atoms with Crippen molar-refractivity contribution in [3.8, 4) is 0 Å². The number of ketones is 1. The van der Waals surface area contributed by atoms with E-state index in [2.05, 4.69) is 10.6 Å². The van der Waals surface area contributed by atoms with Crippen molar-refractivity contribution in [2.24, 2.45) is 14.1 Å². The van der Waals surface area contributed by atoms with E-state index in [4.69, 9.17) is 0 Å². The van der Waals surface area contributed by atoms with Crippen molar-refractivity contribution in [2.75, 3.05) is 5.75 Å². The van der Waals surface area contributed by atoms with Gasteiger partial charge in [-0.15, -0.1) is 0 Å². The minimum absolute atomic E-state index is 0.0551. The molecule has 1 aromatic carbocycles. The molecule has 1 atom stereocenters. The summed E-state index contributed by atoms with van der Waals surface area (Å²) in [5.74, 6) is -4.62. The zero-order valence-electron chi connectivity index (χ0n) is 17.1. The van der Waals surface area contributed by atoms with Crippen LogP contribution in [0, 0.1) is 11.6 Å². The number of benzene rings is 1. The summed E-state index contributed by atoms with van der Waals surface area (Å²) in [4.78, 5) is 35.8. The first-order chi connectivity index (χ1) is 15.4. The average Bonchev–Trinajstić information content (AvgIpc) is 3.25. The molecule has 1 unspecified atom stereocenters. The topological polar surface area (TPSA) is 85.1 Å². The van der Waals surface area contributed by atoms with Gasteiger partial charge in [-0.2, -0.15) is 13.2 Å². The molecule has 2 heterocycles. The Hall–Kier alpha value is -2.74. The van der Waals surface area contributed by atoms with Gasteiger partial charge in [-0.1, -0.05) is 23.5 Å². The molecule has 0 radical (unpaired) electrons. The second-order valence-electron chi connectivity index (χ2n) is 6.91. The molecule has 0 bridgehead atoms. The molecular formula is C19H17F5N4O3S2. The van der Waals surface area contributed by atoms with Crippen LogP contribution in [0.25, 0.3) is 5.70 Å². The van der Waals surface area contributed by atoms with Crippen molar-refractivity contribution in [1.29, 1.82) is 0 Å². The molecule has 1 aliphatic heterocycles. The Morgan fingerprint density at radius 1 is 1.21 bits per heavy atom. The number of halogens is 5. The van der Waals surface area contributed by atoms with Crippen molar-refractivity contribution in [3.63, 3.8) is 0 Å². The van der Waals surface area contributed by atoms with E-state index in [-0.39, 0.29) is 17.0 Å². The number of amides is 1. The summed E-state index contributed by atoms with van der Waals surface area (Å²) in [7, 11) is 3.22. The predicted molar refractivity (Wildman–Crippen MR) is 113 cm³/mol. The Morgan fingerprint density at radius 2 is 1.91 bits per heavy atom. The largest absolute Gasteiger partial charge is 0.422 e. The molecule has 0 spiro atoms. The van der Waals surface area contributed by atoms with Gasteiger partial charge in [0.25, 0.3) is 5.56 Å². The summed E-state index contributed by atoms with van der Waals surface area (Å²) in [5, 5.41) is 6.93. The third-order valence-electron chi connectivity index (χ3n) is 4.64. The fourth-order valence-corrected chi connectivity index (χ4v) is 4.65. The number of hydrogen-bond acceptors (Lipinski definition) is 6. The first kappa shape index (κ1) is 24.9. The van der Waals surface area contributed by atoms with Crippen molar-refractivity contribution >= 4 is 40.9 Å². The first-order valence-electron chi connectivity index (χ1n) is 9.23. The van der Waals surface area contributed by atoms with Crippen LogP contribution >= 0.6 is 23.5 Å². The maximum atomic E-state index is 14.3. The monoisotopic (exact) mass is 508 g/mol. The fourth-order valence-electron chi connectivity index (χ4n) is 2.88. The van der Waals surface area contributed by atoms with Crippen molar-refractivity contribution in [3.05, 3.63) is 56.7 Å². The minimum atomic E-state index is -5.21. The van der Waals surface area contributed by atoms with Gasteiger partial charge in [-0.3, -0.25) is 23.7 Å². The van der Waals surface area contributed by atoms with E-state index < -0.39 is 52.5 Å². The SMILES string of the molecule is Cn1c(SCC(=O)CC(=O)NC2NC(c3ccc(F)c(C(F)(F)F)c3F)=CS2)cc(=O)n1C. The summed E-state index contributed by atoms with van der Waals surface area (Å²) in [5.41, 5.74) is -3.67. The number of alkyl halides is 3. The van der Waals surface area contributed by atoms with Crippen molar-refractivity contribution in [2.45, 2.75) is 23.1 Å². The predicted octanol–water partition coefficient (Wildman–Crippen LogP) is 2.81. The Morgan fingerprint density at radius 3 is 2.52 bits per heavy atom. The first-order valence-corrected chi connectivity index (χ1v) is 11.2. The van der Waals surface area contributed by atoms with Crippen LogP contribution in [0.2, 0.25) is 0 Å². The van der Waals surface area contributed by atoms with Gasteiger partial charge in [0.15, 0.2) is 11.3 Å². The molecule has 178 valence electrons. The quantitative estimate of drug-likeness (QED) is 0.340. The number of Topliss-reactive ketones (excluding diaryl/α,β-unsaturated/α-hetero) is 1. The lowest BCUT2D eigenvalue weighted by Gasteiger charge is -2.16. The highest BCUT2D eigenvalue weighted by Gasteiger charge is 2.39. The van der Waals surface area contributed by atoms with E-state index in [0.29, 0.717) is 11.1 Å². The molecule has 0 saturated heterocycles. The Bertz CT molecular complexity index is 1190. The van der Waals surface area contributed by atoms with Crippen molar-refractivity contribution < 1.29 is 31.5 Å². The Labute approximate surface area is 192 Å². The van der Waals surface area contributed by atoms with Gasteiger partial charge in [0, 0.05) is 25.7 Å². The van der Waals surface area contributed by atoms with Crippen LogP contribution in [0.15, 0.2) is 33.4 Å². The molecule has 0 fully saturated rings. The van der Waals surface area contributed by atoms with E-state index in [9.17, 15) is 36.3 Å². The minimum Gasteiger partial charge on any atom is -0.356 e. The van der Waals surface area contributed by atoms with Gasteiger partial charge in [0.2, 0.25) is 5.91 Å². The summed E-state index contributed by atoms with van der Waals surface area (Å²) in [6.07, 6.45) is -5.68. The molecule has 1 aromatic heterocycles. The van der Waals surface area contributed by atoms with Crippen LogP contribution in [-0.4, -0.2) is 32.3 Å². The highest BCUT2D eigenvalue weighted by atomic mass is 32.2. The van der Waals surface area contributed by atoms with Crippen LogP contribution in [0.1, 0.15) is 17.5 Å². The van der Waals surface area contributed by atoms with Gasteiger partial charge in [0.05, 0.1) is 22.9 Å². The fraction of sp³-hybridized carbons (Fsp3) is 0.316. The molecule has 2 N–H and O–H groups in total. The van der Waals surface area contributed by atoms with E-state index >= 15 is 0 Å². The molecule has 33 heavy (non-hydrogen) atoms. The zero-order chi connectivity index (χ0) is 24.5. The molecule has 1 amide bonds. The lowest BCUT2D eigenvalue weighted by atomic mass is 10.1. The number of thioether (sulfide) groups is 2. The second kappa shape index (κ2) is 9.63. The highest BCUT2D eigenvalue weighted by Crippen LogP contribution is 2.37. The molecule has 0 saturated carbocycles. The standard InChI is InChI=1S/C19H17F5N4O3S2/c1-27-14(31)6-15(28(27)2)32-7-9(29)5-13(30)26-18-25-12(8-33-18)10-3-4-11(20)16(17(10)21)19(22,23)24/h3-4,6,8,18,25H,5,7H2,1-2H3,(H,26,30). The normalized spacial score (nSPS) is 15.8. The molecule has 14 heteroatoms. The van der Waals surface area contributed by atoms with Gasteiger partial charge in [0.1, 0.15) is 17.2 Å². The van der Waals surface area contributed by atoms with E-state index in [0.717, 1.165) is 29.6 Å². The summed E-state index contributed by atoms with van der Waals surface area (Å²) in [6.45, 7) is 0. The van der Waals surface area contributed by atoms with Gasteiger partial charge in [-0.25, -0.2) is 8.78 Å². The van der Waals surface area contributed by atoms with E-state index in [1.54, 1.807) is 18.8 Å². The molecule has 0 aliphatic carbocycles. The number of nitrogens with one attached hydrogen (secondary N) is 2. The Balaban J connectivity index is 1.55. The van der Waals surface area contributed by atoms with Crippen LogP contribution in [0.3, 0.4) is 0 Å². The lowest BCUT2D eigenvalue weighted by Crippen LogP contribution is -2.40. The number of aromatic nitrogens is 2. The maximum Gasteiger partial charge on any atom is 0.422 e. The van der Waals surface area contributed by atoms with Crippen LogP contribution < -0.4 is 16.2 Å². The smallest absolute Gasteiger partial charge is 0.356 e. The Kier molecular flexibility index (Phi) is 7.26. The summed E-state index contributed by atoms with van der Waals surface area (Å²) >= 11 is 2.04. The zero-order valence-corrected chi connectivity index (χ0v) is 18.8. The number of carbonyl (C=O) groups excluding carboxylic acids is 2. The average molecular weight is 508 g/mol. The third kappa shape index (κ3) is 5.61. The second-order valence-corrected chi connectivity index (χ2v) is 8.89. The number of rotatable bonds is 7. The number of carbonyl (C=O) groups is 2. The summed E-state index contributed by atoms with van der Waals surface area (Å²) < 4.78 is 69.5. The van der Waals surface area contributed by atoms with Crippen molar-refractivity contribution in [1.82, 2.24) is 20.0 Å². The molecular weight excluding hydrogens is 491 g/mol. The molecule has 1 aliphatic rings. The molecule has 3 rings (SSSR count). The maximum absolute atomic E-state index is 14.3. The van der Waals surface area contributed by atoms with Gasteiger partial charge >= 0.3 is 6.18 Å². The van der Waals surface area contributed by atoms with E-state index in [1.807, 2.05) is 0 Å². The van der Waals surface area contributed by atoms with Crippen LogP contribution in [0.4, 0.5) is 22.0 Å². The van der Waals surface area contributed by atoms with E-state index in [1.165, 1.54) is 16.2 Å². The lowest BCUT2D eigenvalue weighted by molar-refractivity contribution is -0.142. The number of nitrogens with zero attached hydrogens (tertiary/aromatic N) is 2. The van der Waals surface area contributed by atoms with Gasteiger partial charge < -0.3 is 10.6 Å². The van der Waals surface area contributed by atoms with Crippen LogP contribution in [-0.2, 0) is 29.9 Å². The number of hydrogen-bond donors (Lipinski definition) is 2. The highest BCUT2D eigenvalue weighted by molar-refractivity contribution is 8.03. The van der Waals surface area contributed by atoms with Crippen LogP contribution in [0.5, 0.6) is 0 Å². The van der Waals surface area contributed by atoms with Gasteiger partial charge in [-0.05, 0) is 17.5 Å². The molecule has 2 aromatic rings. The molecule has 7 nitrogen and oxygen atoms in total. The summed E-state index contributed by atoms with van der Waals surface area (Å²) in [6, 6.07) is 2.74. The third-order valence-corrected chi connectivity index (χ3v) is 6.66.